The number of aromatic nitrogens is 2. The van der Waals surface area contributed by atoms with Crippen LogP contribution in [0.2, 0.25) is 0 Å². The number of thiophene rings is 1. The van der Waals surface area contributed by atoms with E-state index in [0.29, 0.717) is 6.54 Å². The van der Waals surface area contributed by atoms with Crippen LogP contribution in [0.25, 0.3) is 11.3 Å². The summed E-state index contributed by atoms with van der Waals surface area (Å²) >= 11 is 1.67. The maximum absolute atomic E-state index is 12.4. The molecule has 1 saturated heterocycles. The van der Waals surface area contributed by atoms with Crippen LogP contribution < -0.4 is 5.32 Å². The predicted molar refractivity (Wildman–Crippen MR) is 107 cm³/mol. The van der Waals surface area contributed by atoms with E-state index in [0.717, 1.165) is 42.8 Å². The van der Waals surface area contributed by atoms with Crippen LogP contribution in [0, 0.1) is 18.3 Å². The van der Waals surface area contributed by atoms with Crippen LogP contribution in [0.5, 0.6) is 0 Å². The fourth-order valence-electron chi connectivity index (χ4n) is 3.38. The molecule has 144 valence electrons. The smallest absolute Gasteiger partial charge is 0.237 e. The molecule has 0 spiro atoms. The SMILES string of the molecule is Cc1cc(-c2ccsc2)nn1CCC(C)(C)NCC(=O)N1CCC[C@H]1C#N. The molecule has 1 atom stereocenters. The third-order valence-electron chi connectivity index (χ3n) is 5.19. The zero-order valence-corrected chi connectivity index (χ0v) is 17.1. The number of rotatable bonds is 7. The molecule has 6 nitrogen and oxygen atoms in total. The topological polar surface area (TPSA) is 74.0 Å². The molecular weight excluding hydrogens is 358 g/mol. The summed E-state index contributed by atoms with van der Waals surface area (Å²) in [4.78, 5) is 14.1. The van der Waals surface area contributed by atoms with Crippen LogP contribution in [-0.4, -0.2) is 45.3 Å². The lowest BCUT2D eigenvalue weighted by molar-refractivity contribution is -0.130. The Morgan fingerprint density at radius 1 is 1.52 bits per heavy atom. The average molecular weight is 386 g/mol. The van der Waals surface area contributed by atoms with Crippen molar-refractivity contribution >= 4 is 17.2 Å². The molecule has 0 radical (unpaired) electrons. The second kappa shape index (κ2) is 8.24. The summed E-state index contributed by atoms with van der Waals surface area (Å²) in [6, 6.07) is 6.16. The third kappa shape index (κ3) is 4.76. The number of nitriles is 1. The number of likely N-dealkylation sites (tertiary alicyclic amines) is 1. The van der Waals surface area contributed by atoms with E-state index in [1.807, 2.05) is 4.68 Å². The average Bonchev–Trinajstić information content (AvgIpc) is 3.38. The van der Waals surface area contributed by atoms with Gasteiger partial charge in [-0.2, -0.15) is 21.7 Å². The highest BCUT2D eigenvalue weighted by molar-refractivity contribution is 7.08. The lowest BCUT2D eigenvalue weighted by Gasteiger charge is -2.28. The Bertz CT molecular complexity index is 818. The number of hydrogen-bond acceptors (Lipinski definition) is 5. The minimum absolute atomic E-state index is 0.0159. The summed E-state index contributed by atoms with van der Waals surface area (Å²) < 4.78 is 2.03. The van der Waals surface area contributed by atoms with Gasteiger partial charge in [0.1, 0.15) is 6.04 Å². The van der Waals surface area contributed by atoms with Gasteiger partial charge in [-0.05, 0) is 57.5 Å². The molecule has 0 aliphatic carbocycles. The van der Waals surface area contributed by atoms with Gasteiger partial charge in [0.05, 0.1) is 18.3 Å². The van der Waals surface area contributed by atoms with Crippen LogP contribution in [0.3, 0.4) is 0 Å². The summed E-state index contributed by atoms with van der Waals surface area (Å²) in [6.45, 7) is 8.02. The molecule has 0 aromatic carbocycles. The van der Waals surface area contributed by atoms with E-state index in [4.69, 9.17) is 10.4 Å². The molecule has 3 heterocycles. The maximum atomic E-state index is 12.4. The Kier molecular flexibility index (Phi) is 5.98. The number of carbonyl (C=O) groups excluding carboxylic acids is 1. The van der Waals surface area contributed by atoms with Crippen molar-refractivity contribution < 1.29 is 4.79 Å². The number of nitrogens with zero attached hydrogens (tertiary/aromatic N) is 4. The van der Waals surface area contributed by atoms with Gasteiger partial charge in [0.25, 0.3) is 0 Å². The van der Waals surface area contributed by atoms with E-state index in [-0.39, 0.29) is 24.0 Å². The number of nitrogens with one attached hydrogen (secondary N) is 1. The molecule has 0 saturated carbocycles. The standard InChI is InChI=1S/C20H27N5OS/c1-15-11-18(16-6-10-27-14-16)23-25(15)9-7-20(2,3)22-13-19(26)24-8-4-5-17(24)12-21/h6,10-11,14,17,22H,4-5,7-9,13H2,1-3H3/t17-/m0/s1. The van der Waals surface area contributed by atoms with E-state index < -0.39 is 0 Å². The minimum atomic E-state index is -0.260. The lowest BCUT2D eigenvalue weighted by Crippen LogP contribution is -2.48. The molecule has 1 amide bonds. The first-order valence-electron chi connectivity index (χ1n) is 9.41. The molecule has 2 aromatic heterocycles. The maximum Gasteiger partial charge on any atom is 0.237 e. The molecule has 1 aliphatic heterocycles. The molecule has 1 aliphatic rings. The first kappa shape index (κ1) is 19.6. The Hall–Kier alpha value is -2.17. The van der Waals surface area contributed by atoms with E-state index >= 15 is 0 Å². The van der Waals surface area contributed by atoms with Crippen molar-refractivity contribution in [2.45, 2.75) is 58.2 Å². The van der Waals surface area contributed by atoms with Gasteiger partial charge in [-0.1, -0.05) is 0 Å². The van der Waals surface area contributed by atoms with Crippen molar-refractivity contribution in [3.05, 3.63) is 28.6 Å². The highest BCUT2D eigenvalue weighted by Gasteiger charge is 2.29. The normalized spacial score (nSPS) is 17.3. The molecule has 27 heavy (non-hydrogen) atoms. The van der Waals surface area contributed by atoms with Crippen LogP contribution in [-0.2, 0) is 11.3 Å². The van der Waals surface area contributed by atoms with Crippen LogP contribution >= 0.6 is 11.3 Å². The lowest BCUT2D eigenvalue weighted by atomic mass is 10.0. The molecule has 0 bridgehead atoms. The number of hydrogen-bond donors (Lipinski definition) is 1. The monoisotopic (exact) mass is 385 g/mol. The highest BCUT2D eigenvalue weighted by Crippen LogP contribution is 2.22. The van der Waals surface area contributed by atoms with Crippen molar-refractivity contribution in [2.75, 3.05) is 13.1 Å². The van der Waals surface area contributed by atoms with E-state index in [1.54, 1.807) is 16.2 Å². The summed E-state index contributed by atoms with van der Waals surface area (Å²) in [5.41, 5.74) is 3.10. The molecule has 2 aromatic rings. The van der Waals surface area contributed by atoms with Crippen molar-refractivity contribution in [3.63, 3.8) is 0 Å². The van der Waals surface area contributed by atoms with Crippen molar-refractivity contribution in [1.82, 2.24) is 20.0 Å². The van der Waals surface area contributed by atoms with Crippen LogP contribution in [0.15, 0.2) is 22.9 Å². The van der Waals surface area contributed by atoms with Crippen LogP contribution in [0.4, 0.5) is 0 Å². The highest BCUT2D eigenvalue weighted by atomic mass is 32.1. The van der Waals surface area contributed by atoms with E-state index in [2.05, 4.69) is 55.1 Å². The fraction of sp³-hybridized carbons (Fsp3) is 0.550. The Balaban J connectivity index is 1.53. The largest absolute Gasteiger partial charge is 0.326 e. The number of amides is 1. The third-order valence-corrected chi connectivity index (χ3v) is 5.87. The zero-order chi connectivity index (χ0) is 19.4. The molecule has 3 rings (SSSR count). The Morgan fingerprint density at radius 2 is 2.33 bits per heavy atom. The second-order valence-corrected chi connectivity index (χ2v) is 8.55. The first-order valence-corrected chi connectivity index (χ1v) is 10.3. The van der Waals surface area contributed by atoms with Gasteiger partial charge < -0.3 is 10.2 Å². The Morgan fingerprint density at radius 3 is 3.04 bits per heavy atom. The quantitative estimate of drug-likeness (QED) is 0.794. The minimum Gasteiger partial charge on any atom is -0.326 e. The summed E-state index contributed by atoms with van der Waals surface area (Å²) in [7, 11) is 0. The summed E-state index contributed by atoms with van der Waals surface area (Å²) in [5, 5.41) is 21.4. The van der Waals surface area contributed by atoms with Crippen molar-refractivity contribution in [2.24, 2.45) is 0 Å². The molecule has 1 N–H and O–H groups in total. The molecule has 1 fully saturated rings. The van der Waals surface area contributed by atoms with Gasteiger partial charge in [0, 0.05) is 35.3 Å². The number of carbonyl (C=O) groups is 1. The van der Waals surface area contributed by atoms with Crippen molar-refractivity contribution in [1.29, 1.82) is 5.26 Å². The summed E-state index contributed by atoms with van der Waals surface area (Å²) in [5.74, 6) is 0.0159. The van der Waals surface area contributed by atoms with Gasteiger partial charge in [-0.15, -0.1) is 0 Å². The second-order valence-electron chi connectivity index (χ2n) is 7.77. The molecular formula is C20H27N5OS. The molecule has 0 unspecified atom stereocenters. The fourth-order valence-corrected chi connectivity index (χ4v) is 4.03. The van der Waals surface area contributed by atoms with Crippen LogP contribution in [0.1, 0.15) is 38.8 Å². The van der Waals surface area contributed by atoms with E-state index in [1.165, 1.54) is 0 Å². The van der Waals surface area contributed by atoms with Gasteiger partial charge in [-0.25, -0.2) is 0 Å². The van der Waals surface area contributed by atoms with E-state index in [9.17, 15) is 4.79 Å². The number of aryl methyl sites for hydroxylation is 2. The Labute approximate surface area is 164 Å². The van der Waals surface area contributed by atoms with Gasteiger partial charge >= 0.3 is 0 Å². The van der Waals surface area contributed by atoms with Gasteiger partial charge in [0.2, 0.25) is 5.91 Å². The van der Waals surface area contributed by atoms with Crippen molar-refractivity contribution in [3.8, 4) is 17.3 Å². The first-order chi connectivity index (χ1) is 12.9. The van der Waals surface area contributed by atoms with Gasteiger partial charge in [0.15, 0.2) is 0 Å². The van der Waals surface area contributed by atoms with Gasteiger partial charge in [-0.3, -0.25) is 9.48 Å². The zero-order valence-electron chi connectivity index (χ0n) is 16.2. The predicted octanol–water partition coefficient (Wildman–Crippen LogP) is 3.19. The summed E-state index contributed by atoms with van der Waals surface area (Å²) in [6.07, 6.45) is 2.56. The molecule has 7 heteroatoms.